The molecule has 0 radical (unpaired) electrons. The van der Waals surface area contributed by atoms with E-state index in [1.807, 2.05) is 0 Å². The van der Waals surface area contributed by atoms with Crippen molar-refractivity contribution < 1.29 is 28.6 Å². The van der Waals surface area contributed by atoms with E-state index in [0.717, 1.165) is 75.5 Å². The second kappa shape index (κ2) is 43.5. The summed E-state index contributed by atoms with van der Waals surface area (Å²) < 4.78 is 16.8. The van der Waals surface area contributed by atoms with E-state index in [-0.39, 0.29) is 31.1 Å². The minimum atomic E-state index is -0.762. The second-order valence-electron chi connectivity index (χ2n) is 19.2. The number of carbonyl (C=O) groups excluding carboxylic acids is 3. The molecule has 0 saturated carbocycles. The molecule has 0 aromatic carbocycles. The van der Waals surface area contributed by atoms with Crippen molar-refractivity contribution in [2.24, 2.45) is 17.8 Å². The predicted octanol–water partition coefficient (Wildman–Crippen LogP) is 16.4. The monoisotopic (exact) mass is 821 g/mol. The Morgan fingerprint density at radius 2 is 0.500 bits per heavy atom. The lowest BCUT2D eigenvalue weighted by molar-refractivity contribution is -0.167. The Labute approximate surface area is 361 Å². The van der Waals surface area contributed by atoms with Gasteiger partial charge in [0.05, 0.1) is 0 Å². The van der Waals surface area contributed by atoms with Gasteiger partial charge in [-0.15, -0.1) is 0 Å². The zero-order chi connectivity index (χ0) is 42.7. The van der Waals surface area contributed by atoms with Gasteiger partial charge in [-0.2, -0.15) is 0 Å². The largest absolute Gasteiger partial charge is 0.462 e. The molecular weight excluding hydrogens is 721 g/mol. The zero-order valence-corrected chi connectivity index (χ0v) is 39.8. The molecule has 344 valence electrons. The molecule has 0 aliphatic heterocycles. The highest BCUT2D eigenvalue weighted by Gasteiger charge is 2.19. The highest BCUT2D eigenvalue weighted by Crippen LogP contribution is 2.17. The van der Waals surface area contributed by atoms with Gasteiger partial charge >= 0.3 is 17.9 Å². The number of hydrogen-bond donors (Lipinski definition) is 0. The van der Waals surface area contributed by atoms with Gasteiger partial charge < -0.3 is 14.2 Å². The molecule has 0 amide bonds. The van der Waals surface area contributed by atoms with E-state index in [1.165, 1.54) is 161 Å². The third-order valence-corrected chi connectivity index (χ3v) is 11.6. The molecule has 0 aromatic heterocycles. The Kier molecular flexibility index (Phi) is 42.3. The van der Waals surface area contributed by atoms with Crippen LogP contribution < -0.4 is 0 Å². The normalized spacial score (nSPS) is 12.2. The van der Waals surface area contributed by atoms with E-state index in [0.29, 0.717) is 19.3 Å². The highest BCUT2D eigenvalue weighted by atomic mass is 16.6. The summed E-state index contributed by atoms with van der Waals surface area (Å²) >= 11 is 0. The van der Waals surface area contributed by atoms with E-state index >= 15 is 0 Å². The maximum atomic E-state index is 12.8. The third kappa shape index (κ3) is 45.5. The van der Waals surface area contributed by atoms with Crippen LogP contribution in [0.4, 0.5) is 0 Å². The number of hydrogen-bond acceptors (Lipinski definition) is 6. The molecule has 58 heavy (non-hydrogen) atoms. The molecule has 6 nitrogen and oxygen atoms in total. The fourth-order valence-electron chi connectivity index (χ4n) is 7.76. The minimum Gasteiger partial charge on any atom is -0.462 e. The molecule has 1 atom stereocenters. The topological polar surface area (TPSA) is 78.9 Å². The number of carbonyl (C=O) groups is 3. The SMILES string of the molecule is CC(C)CCCCCCCCCCCCCCC(=O)O[C@@H](COC(=O)CCCCCCCCCCCCCC(C)C)COC(=O)CCCCCCCCCCC(C)C. The van der Waals surface area contributed by atoms with Gasteiger partial charge in [0.1, 0.15) is 13.2 Å². The van der Waals surface area contributed by atoms with Crippen molar-refractivity contribution in [2.45, 2.75) is 285 Å². The van der Waals surface area contributed by atoms with Gasteiger partial charge in [0.2, 0.25) is 0 Å². The van der Waals surface area contributed by atoms with Crippen LogP contribution in [0.5, 0.6) is 0 Å². The van der Waals surface area contributed by atoms with Gasteiger partial charge in [0.15, 0.2) is 6.10 Å². The molecule has 0 spiro atoms. The summed E-state index contributed by atoms with van der Waals surface area (Å²) in [7, 11) is 0. The molecule has 0 aliphatic carbocycles. The Balaban J connectivity index is 4.32. The molecular formula is C52H100O6. The first-order valence-electron chi connectivity index (χ1n) is 25.6. The smallest absolute Gasteiger partial charge is 0.306 e. The second-order valence-corrected chi connectivity index (χ2v) is 19.2. The van der Waals surface area contributed by atoms with Crippen LogP contribution in [0.15, 0.2) is 0 Å². The minimum absolute atomic E-state index is 0.0650. The summed E-state index contributed by atoms with van der Waals surface area (Å²) in [6.07, 6.45) is 42.3. The first-order valence-corrected chi connectivity index (χ1v) is 25.6. The molecule has 0 unspecified atom stereocenters. The number of unbranched alkanes of at least 4 members (excludes halogenated alkanes) is 28. The molecule has 0 N–H and O–H groups in total. The summed E-state index contributed by atoms with van der Waals surface area (Å²) in [6.45, 7) is 13.7. The standard InChI is InChI=1S/C52H100O6/c1-46(2)38-32-26-20-14-10-7-8-12-17-25-31-37-43-52(55)58-49(45-57-51(54)42-36-30-24-19-18-22-28-34-40-48(5)6)44-56-50(53)41-35-29-23-16-13-9-11-15-21-27-33-39-47(3)4/h46-49H,7-45H2,1-6H3/t49-/m0/s1. The number of ether oxygens (including phenoxy) is 3. The number of esters is 3. The summed E-state index contributed by atoms with van der Waals surface area (Å²) in [6, 6.07) is 0. The van der Waals surface area contributed by atoms with Gasteiger partial charge in [0.25, 0.3) is 0 Å². The Bertz CT molecular complexity index is 898. The van der Waals surface area contributed by atoms with Crippen molar-refractivity contribution in [1.82, 2.24) is 0 Å². The van der Waals surface area contributed by atoms with Crippen LogP contribution in [-0.4, -0.2) is 37.2 Å². The summed E-state index contributed by atoms with van der Waals surface area (Å²) in [5, 5.41) is 0. The van der Waals surface area contributed by atoms with Crippen molar-refractivity contribution in [3.8, 4) is 0 Å². The van der Waals surface area contributed by atoms with Crippen LogP contribution in [-0.2, 0) is 28.6 Å². The first kappa shape index (κ1) is 56.4. The van der Waals surface area contributed by atoms with E-state index in [1.54, 1.807) is 0 Å². The molecule has 0 fully saturated rings. The number of rotatable bonds is 45. The van der Waals surface area contributed by atoms with Crippen molar-refractivity contribution in [1.29, 1.82) is 0 Å². The maximum Gasteiger partial charge on any atom is 0.306 e. The van der Waals surface area contributed by atoms with Gasteiger partial charge in [-0.3, -0.25) is 14.4 Å². The van der Waals surface area contributed by atoms with Crippen molar-refractivity contribution in [2.75, 3.05) is 13.2 Å². The third-order valence-electron chi connectivity index (χ3n) is 11.6. The maximum absolute atomic E-state index is 12.8. The first-order chi connectivity index (χ1) is 28.1. The van der Waals surface area contributed by atoms with Crippen LogP contribution in [0.25, 0.3) is 0 Å². The molecule has 6 heteroatoms. The van der Waals surface area contributed by atoms with Crippen LogP contribution in [0, 0.1) is 17.8 Å². The summed E-state index contributed by atoms with van der Waals surface area (Å²) in [4.78, 5) is 37.9. The molecule has 0 saturated heterocycles. The van der Waals surface area contributed by atoms with Crippen LogP contribution in [0.1, 0.15) is 279 Å². The van der Waals surface area contributed by atoms with E-state index in [2.05, 4.69) is 41.5 Å². The molecule has 0 aliphatic rings. The average Bonchev–Trinajstić information content (AvgIpc) is 3.18. The molecule has 0 rings (SSSR count). The van der Waals surface area contributed by atoms with Crippen LogP contribution in [0.2, 0.25) is 0 Å². The highest BCUT2D eigenvalue weighted by molar-refractivity contribution is 5.71. The Morgan fingerprint density at radius 3 is 0.741 bits per heavy atom. The van der Waals surface area contributed by atoms with Crippen LogP contribution >= 0.6 is 0 Å². The lowest BCUT2D eigenvalue weighted by atomic mass is 10.0. The zero-order valence-electron chi connectivity index (χ0n) is 39.8. The fourth-order valence-corrected chi connectivity index (χ4v) is 7.76. The lowest BCUT2D eigenvalue weighted by Crippen LogP contribution is -2.30. The van der Waals surface area contributed by atoms with Crippen LogP contribution in [0.3, 0.4) is 0 Å². The van der Waals surface area contributed by atoms with E-state index in [4.69, 9.17) is 14.2 Å². The average molecular weight is 821 g/mol. The van der Waals surface area contributed by atoms with E-state index in [9.17, 15) is 14.4 Å². The molecule has 0 bridgehead atoms. The molecule has 0 aromatic rings. The van der Waals surface area contributed by atoms with Gasteiger partial charge in [-0.25, -0.2) is 0 Å². The fraction of sp³-hybridized carbons (Fsp3) is 0.942. The molecule has 0 heterocycles. The van der Waals surface area contributed by atoms with E-state index < -0.39 is 6.10 Å². The lowest BCUT2D eigenvalue weighted by Gasteiger charge is -2.18. The van der Waals surface area contributed by atoms with Gasteiger partial charge in [-0.1, -0.05) is 241 Å². The van der Waals surface area contributed by atoms with Crippen molar-refractivity contribution in [3.05, 3.63) is 0 Å². The van der Waals surface area contributed by atoms with Gasteiger partial charge in [-0.05, 0) is 37.0 Å². The van der Waals surface area contributed by atoms with Gasteiger partial charge in [0, 0.05) is 19.3 Å². The Hall–Kier alpha value is -1.59. The summed E-state index contributed by atoms with van der Waals surface area (Å²) in [5.41, 5.74) is 0. The predicted molar refractivity (Wildman–Crippen MR) is 247 cm³/mol. The Morgan fingerprint density at radius 1 is 0.293 bits per heavy atom. The quantitative estimate of drug-likeness (QED) is 0.0346. The van der Waals surface area contributed by atoms with Crippen molar-refractivity contribution >= 4 is 17.9 Å². The van der Waals surface area contributed by atoms with Crippen molar-refractivity contribution in [3.63, 3.8) is 0 Å². The summed E-state index contributed by atoms with van der Waals surface area (Å²) in [5.74, 6) is 1.60.